The molecule has 4 rings (SSSR count). The van der Waals surface area contributed by atoms with Crippen LogP contribution in [0.4, 0.5) is 4.39 Å². The van der Waals surface area contributed by atoms with Gasteiger partial charge in [-0.05, 0) is 18.2 Å². The Morgan fingerprint density at radius 3 is 2.86 bits per heavy atom. The second-order valence-electron chi connectivity index (χ2n) is 5.07. The second kappa shape index (κ2) is 4.87. The quantitative estimate of drug-likeness (QED) is 0.610. The van der Waals surface area contributed by atoms with E-state index in [1.165, 1.54) is 6.07 Å². The van der Waals surface area contributed by atoms with Gasteiger partial charge in [-0.15, -0.1) is 0 Å². The Kier molecular flexibility index (Phi) is 2.85. The van der Waals surface area contributed by atoms with Crippen LogP contribution in [0, 0.1) is 5.82 Å². The van der Waals surface area contributed by atoms with Gasteiger partial charge in [0.15, 0.2) is 11.5 Å². The first-order valence-corrected chi connectivity index (χ1v) is 6.94. The van der Waals surface area contributed by atoms with Gasteiger partial charge in [0.25, 0.3) is 0 Å². The fourth-order valence-electron chi connectivity index (χ4n) is 2.64. The lowest BCUT2D eigenvalue weighted by molar-refractivity contribution is 0.366. The minimum absolute atomic E-state index is 0.316. The van der Waals surface area contributed by atoms with E-state index in [1.807, 2.05) is 18.2 Å². The predicted molar refractivity (Wildman–Crippen MR) is 79.9 cm³/mol. The minimum atomic E-state index is -0.316. The summed E-state index contributed by atoms with van der Waals surface area (Å²) in [5, 5.41) is 0. The molecule has 0 fully saturated rings. The molecule has 0 saturated heterocycles. The molecule has 1 aliphatic rings. The van der Waals surface area contributed by atoms with Gasteiger partial charge in [0, 0.05) is 12.0 Å². The molecule has 22 heavy (non-hydrogen) atoms. The van der Waals surface area contributed by atoms with Crippen LogP contribution in [0.15, 0.2) is 42.5 Å². The molecule has 1 aliphatic heterocycles. The summed E-state index contributed by atoms with van der Waals surface area (Å²) in [6.07, 6.45) is 0.618. The zero-order valence-corrected chi connectivity index (χ0v) is 11.9. The lowest BCUT2D eigenvalue weighted by atomic mass is 10.1. The van der Waals surface area contributed by atoms with Crippen molar-refractivity contribution in [3.63, 3.8) is 0 Å². The van der Waals surface area contributed by atoms with Gasteiger partial charge < -0.3 is 14.5 Å². The first kappa shape index (κ1) is 12.9. The number of hydrogen-bond donors (Lipinski definition) is 1. The van der Waals surface area contributed by atoms with E-state index in [0.717, 1.165) is 11.3 Å². The fourth-order valence-corrected chi connectivity index (χ4v) is 2.64. The second-order valence-corrected chi connectivity index (χ2v) is 5.07. The third kappa shape index (κ3) is 1.94. The van der Waals surface area contributed by atoms with Crippen LogP contribution in [-0.2, 0) is 6.42 Å². The smallest absolute Gasteiger partial charge is 0.221 e. The number of nitrogens with zero attached hydrogens (tertiary/aromatic N) is 1. The van der Waals surface area contributed by atoms with Gasteiger partial charge in [-0.3, -0.25) is 0 Å². The number of benzene rings is 2. The molecule has 2 heterocycles. The summed E-state index contributed by atoms with van der Waals surface area (Å²) < 4.78 is 25.1. The Bertz CT molecular complexity index is 858. The number of halogens is 1. The highest BCUT2D eigenvalue weighted by Gasteiger charge is 2.24. The van der Waals surface area contributed by atoms with Crippen LogP contribution in [-0.4, -0.2) is 17.1 Å². The summed E-state index contributed by atoms with van der Waals surface area (Å²) in [6.45, 7) is 0. The molecule has 0 radical (unpaired) electrons. The van der Waals surface area contributed by atoms with E-state index < -0.39 is 0 Å². The van der Waals surface area contributed by atoms with Gasteiger partial charge in [0.1, 0.15) is 17.3 Å². The highest BCUT2D eigenvalue weighted by Crippen LogP contribution is 2.42. The van der Waals surface area contributed by atoms with E-state index >= 15 is 0 Å². The van der Waals surface area contributed by atoms with Crippen LogP contribution >= 0.6 is 0 Å². The van der Waals surface area contributed by atoms with Crippen molar-refractivity contribution in [3.8, 4) is 28.8 Å². The third-order valence-electron chi connectivity index (χ3n) is 3.71. The SMILES string of the molecule is COc1cccc2c1Oc1[nH]c(-c3ccccc3F)nc1C2. The van der Waals surface area contributed by atoms with Crippen LogP contribution in [0.3, 0.4) is 0 Å². The number of ether oxygens (including phenoxy) is 2. The van der Waals surface area contributed by atoms with Crippen molar-refractivity contribution >= 4 is 0 Å². The lowest BCUT2D eigenvalue weighted by Gasteiger charge is -2.18. The van der Waals surface area contributed by atoms with Gasteiger partial charge >= 0.3 is 0 Å². The number of hydrogen-bond acceptors (Lipinski definition) is 3. The number of para-hydroxylation sites is 1. The van der Waals surface area contributed by atoms with E-state index in [1.54, 1.807) is 25.3 Å². The van der Waals surface area contributed by atoms with Crippen molar-refractivity contribution in [2.24, 2.45) is 0 Å². The molecule has 1 N–H and O–H groups in total. The maximum atomic E-state index is 13.9. The number of nitrogens with one attached hydrogen (secondary N) is 1. The number of imidazole rings is 1. The highest BCUT2D eigenvalue weighted by atomic mass is 19.1. The molecular weight excluding hydrogens is 283 g/mol. The first-order valence-electron chi connectivity index (χ1n) is 6.94. The topological polar surface area (TPSA) is 47.1 Å². The Morgan fingerprint density at radius 1 is 1.18 bits per heavy atom. The summed E-state index contributed by atoms with van der Waals surface area (Å²) in [6, 6.07) is 12.3. The molecule has 110 valence electrons. The molecule has 1 aromatic heterocycles. The van der Waals surface area contributed by atoms with E-state index in [2.05, 4.69) is 9.97 Å². The summed E-state index contributed by atoms with van der Waals surface area (Å²) >= 11 is 0. The Morgan fingerprint density at radius 2 is 2.05 bits per heavy atom. The van der Waals surface area contributed by atoms with Crippen LogP contribution in [0.5, 0.6) is 17.4 Å². The molecule has 0 bridgehead atoms. The highest BCUT2D eigenvalue weighted by molar-refractivity contribution is 5.60. The average Bonchev–Trinajstić information content (AvgIpc) is 2.95. The van der Waals surface area contributed by atoms with Gasteiger partial charge in [-0.2, -0.15) is 0 Å². The van der Waals surface area contributed by atoms with Crippen LogP contribution in [0.2, 0.25) is 0 Å². The Hall–Kier alpha value is -2.82. The maximum absolute atomic E-state index is 13.9. The van der Waals surface area contributed by atoms with Crippen molar-refractivity contribution in [2.45, 2.75) is 6.42 Å². The van der Waals surface area contributed by atoms with Crippen molar-refractivity contribution in [1.82, 2.24) is 9.97 Å². The Labute approximate surface area is 126 Å². The fraction of sp³-hybridized carbons (Fsp3) is 0.118. The zero-order chi connectivity index (χ0) is 15.1. The molecule has 0 saturated carbocycles. The van der Waals surface area contributed by atoms with Gasteiger partial charge in [-0.1, -0.05) is 24.3 Å². The molecule has 0 unspecified atom stereocenters. The van der Waals surface area contributed by atoms with Crippen molar-refractivity contribution in [1.29, 1.82) is 0 Å². The molecule has 5 heteroatoms. The molecule has 4 nitrogen and oxygen atoms in total. The molecule has 0 aliphatic carbocycles. The number of fused-ring (bicyclic) bond motifs is 2. The van der Waals surface area contributed by atoms with Crippen LogP contribution in [0.25, 0.3) is 11.4 Å². The van der Waals surface area contributed by atoms with Crippen molar-refractivity contribution in [2.75, 3.05) is 7.11 Å². The number of aromatic nitrogens is 2. The summed E-state index contributed by atoms with van der Waals surface area (Å²) in [7, 11) is 1.60. The zero-order valence-electron chi connectivity index (χ0n) is 11.9. The largest absolute Gasteiger partial charge is 0.493 e. The van der Waals surface area contributed by atoms with Gasteiger partial charge in [0.2, 0.25) is 5.88 Å². The van der Waals surface area contributed by atoms with Crippen LogP contribution < -0.4 is 9.47 Å². The van der Waals surface area contributed by atoms with Crippen LogP contribution in [0.1, 0.15) is 11.3 Å². The third-order valence-corrected chi connectivity index (χ3v) is 3.71. The number of H-pyrrole nitrogens is 1. The summed E-state index contributed by atoms with van der Waals surface area (Å²) in [5.41, 5.74) is 2.19. The molecule has 0 spiro atoms. The maximum Gasteiger partial charge on any atom is 0.221 e. The van der Waals surface area contributed by atoms with E-state index in [0.29, 0.717) is 35.2 Å². The first-order chi connectivity index (χ1) is 10.8. The summed E-state index contributed by atoms with van der Waals surface area (Å²) in [5.74, 6) is 2.04. The average molecular weight is 296 g/mol. The van der Waals surface area contributed by atoms with Gasteiger partial charge in [0.05, 0.1) is 12.7 Å². The van der Waals surface area contributed by atoms with E-state index in [9.17, 15) is 4.39 Å². The van der Waals surface area contributed by atoms with E-state index in [4.69, 9.17) is 9.47 Å². The van der Waals surface area contributed by atoms with Gasteiger partial charge in [-0.25, -0.2) is 9.37 Å². The molecule has 0 atom stereocenters. The Balaban J connectivity index is 1.78. The molecule has 2 aromatic carbocycles. The standard InChI is InChI=1S/C17H13FN2O2/c1-21-14-8-4-5-10-9-13-17(22-15(10)14)20-16(19-13)11-6-2-3-7-12(11)18/h2-8H,9H2,1H3,(H,19,20). The van der Waals surface area contributed by atoms with Crippen molar-refractivity contribution < 1.29 is 13.9 Å². The number of methoxy groups -OCH3 is 1. The summed E-state index contributed by atoms with van der Waals surface area (Å²) in [4.78, 5) is 7.53. The number of rotatable bonds is 2. The van der Waals surface area contributed by atoms with Crippen molar-refractivity contribution in [3.05, 3.63) is 59.5 Å². The van der Waals surface area contributed by atoms with E-state index in [-0.39, 0.29) is 5.82 Å². The molecule has 0 amide bonds. The monoisotopic (exact) mass is 296 g/mol. The predicted octanol–water partition coefficient (Wildman–Crippen LogP) is 3.92. The molecular formula is C17H13FN2O2. The number of aromatic amines is 1. The lowest BCUT2D eigenvalue weighted by Crippen LogP contribution is -2.04. The minimum Gasteiger partial charge on any atom is -0.493 e. The molecule has 3 aromatic rings. The normalized spacial score (nSPS) is 12.3.